The number of carbonyl (C=O) groups is 2. The summed E-state index contributed by atoms with van der Waals surface area (Å²) in [5.41, 5.74) is 1.93. The third kappa shape index (κ3) is 7.12. The first-order valence-electron chi connectivity index (χ1n) is 11.7. The van der Waals surface area contributed by atoms with Gasteiger partial charge in [0.05, 0.1) is 0 Å². The zero-order valence-corrected chi connectivity index (χ0v) is 20.8. The predicted octanol–water partition coefficient (Wildman–Crippen LogP) is 5.80. The number of ether oxygens (including phenoxy) is 1. The summed E-state index contributed by atoms with van der Waals surface area (Å²) in [6.07, 6.45) is 5.63. The minimum atomic E-state index is -0.615. The Morgan fingerprint density at radius 1 is 1.09 bits per heavy atom. The molecule has 0 aliphatic heterocycles. The van der Waals surface area contributed by atoms with E-state index >= 15 is 0 Å². The molecule has 0 spiro atoms. The minimum Gasteiger partial charge on any atom is -0.484 e. The second-order valence-corrected chi connectivity index (χ2v) is 9.30. The normalized spacial score (nSPS) is 14.7. The number of nitrogens with zero attached hydrogens (tertiary/aromatic N) is 1. The van der Waals surface area contributed by atoms with Crippen molar-refractivity contribution < 1.29 is 14.3 Å². The molecule has 0 unspecified atom stereocenters. The van der Waals surface area contributed by atoms with Gasteiger partial charge in [-0.15, -0.1) is 0 Å². The smallest absolute Gasteiger partial charge is 0.261 e. The molecule has 1 atom stereocenters. The molecule has 0 radical (unpaired) electrons. The number of aryl methyl sites for hydroxylation is 1. The topological polar surface area (TPSA) is 58.6 Å². The molecule has 1 aliphatic rings. The van der Waals surface area contributed by atoms with Gasteiger partial charge in [-0.3, -0.25) is 9.59 Å². The van der Waals surface area contributed by atoms with Crippen LogP contribution in [0.4, 0.5) is 0 Å². The molecule has 2 amide bonds. The third-order valence-corrected chi connectivity index (χ3v) is 6.72. The number of hydrogen-bond donors (Lipinski definition) is 1. The van der Waals surface area contributed by atoms with Gasteiger partial charge in [0.25, 0.3) is 5.91 Å². The summed E-state index contributed by atoms with van der Waals surface area (Å²) in [5, 5.41) is 4.11. The monoisotopic (exact) mass is 490 g/mol. The Kier molecular flexibility index (Phi) is 9.45. The third-order valence-electron chi connectivity index (χ3n) is 6.14. The molecule has 0 saturated heterocycles. The highest BCUT2D eigenvalue weighted by molar-refractivity contribution is 6.35. The van der Waals surface area contributed by atoms with E-state index in [1.54, 1.807) is 23.1 Å². The molecule has 1 saturated carbocycles. The first-order chi connectivity index (χ1) is 15.9. The Hall–Kier alpha value is -2.24. The van der Waals surface area contributed by atoms with Gasteiger partial charge in [0.1, 0.15) is 11.8 Å². The van der Waals surface area contributed by atoms with Crippen LogP contribution in [0.3, 0.4) is 0 Å². The number of halogens is 2. The lowest BCUT2D eigenvalue weighted by Crippen LogP contribution is -2.52. The van der Waals surface area contributed by atoms with E-state index in [1.165, 1.54) is 5.56 Å². The summed E-state index contributed by atoms with van der Waals surface area (Å²) in [6, 6.07) is 12.4. The molecule has 2 aromatic rings. The zero-order chi connectivity index (χ0) is 23.8. The Labute approximate surface area is 206 Å². The molecule has 7 heteroatoms. The molecule has 1 N–H and O–H groups in total. The fourth-order valence-corrected chi connectivity index (χ4v) is 4.64. The molecule has 1 aliphatic carbocycles. The van der Waals surface area contributed by atoms with Gasteiger partial charge >= 0.3 is 0 Å². The first-order valence-corrected chi connectivity index (χ1v) is 12.4. The summed E-state index contributed by atoms with van der Waals surface area (Å²) in [4.78, 5) is 28.0. The Bertz CT molecular complexity index is 943. The molecular weight excluding hydrogens is 459 g/mol. The lowest BCUT2D eigenvalue weighted by molar-refractivity contribution is -0.143. The lowest BCUT2D eigenvalue weighted by atomic mass is 10.1. The number of benzene rings is 2. The fraction of sp³-hybridized carbons (Fsp3) is 0.462. The van der Waals surface area contributed by atoms with E-state index in [0.29, 0.717) is 22.2 Å². The Balaban J connectivity index is 1.77. The number of rotatable bonds is 10. The maximum atomic E-state index is 13.3. The SMILES string of the molecule is CCc1ccc(OCC(=O)N(Cc2ccc(Cl)cc2Cl)[C@H](CC)C(=O)NC2CCCC2)cc1. The van der Waals surface area contributed by atoms with Gasteiger partial charge < -0.3 is 15.0 Å². The highest BCUT2D eigenvalue weighted by atomic mass is 35.5. The van der Waals surface area contributed by atoms with Crippen molar-refractivity contribution >= 4 is 35.0 Å². The van der Waals surface area contributed by atoms with E-state index in [2.05, 4.69) is 12.2 Å². The van der Waals surface area contributed by atoms with Crippen LogP contribution in [0.15, 0.2) is 42.5 Å². The molecule has 33 heavy (non-hydrogen) atoms. The van der Waals surface area contributed by atoms with Crippen LogP contribution in [0.25, 0.3) is 0 Å². The summed E-state index contributed by atoms with van der Waals surface area (Å²) < 4.78 is 5.77. The van der Waals surface area contributed by atoms with E-state index in [1.807, 2.05) is 31.2 Å². The summed E-state index contributed by atoms with van der Waals surface area (Å²) in [5.74, 6) is 0.220. The maximum absolute atomic E-state index is 13.3. The van der Waals surface area contributed by atoms with Crippen LogP contribution < -0.4 is 10.1 Å². The molecule has 1 fully saturated rings. The van der Waals surface area contributed by atoms with Crippen molar-refractivity contribution in [2.75, 3.05) is 6.61 Å². The van der Waals surface area contributed by atoms with Gasteiger partial charge in [0, 0.05) is 22.6 Å². The van der Waals surface area contributed by atoms with Gasteiger partial charge in [-0.05, 0) is 61.1 Å². The van der Waals surface area contributed by atoms with Crippen molar-refractivity contribution in [3.63, 3.8) is 0 Å². The van der Waals surface area contributed by atoms with E-state index in [-0.39, 0.29) is 31.0 Å². The van der Waals surface area contributed by atoms with Crippen LogP contribution >= 0.6 is 23.2 Å². The highest BCUT2D eigenvalue weighted by Crippen LogP contribution is 2.24. The summed E-state index contributed by atoms with van der Waals surface area (Å²) >= 11 is 12.4. The molecule has 5 nitrogen and oxygen atoms in total. The average molecular weight is 491 g/mol. The molecule has 0 heterocycles. The quantitative estimate of drug-likeness (QED) is 0.457. The average Bonchev–Trinajstić information content (AvgIpc) is 3.32. The van der Waals surface area contributed by atoms with E-state index in [9.17, 15) is 9.59 Å². The van der Waals surface area contributed by atoms with Gasteiger partial charge in [-0.1, -0.05) is 68.1 Å². The molecule has 178 valence electrons. The van der Waals surface area contributed by atoms with Crippen molar-refractivity contribution in [1.82, 2.24) is 10.2 Å². The van der Waals surface area contributed by atoms with Crippen molar-refractivity contribution in [3.8, 4) is 5.75 Å². The second kappa shape index (κ2) is 12.3. The molecule has 0 aromatic heterocycles. The molecule has 2 aromatic carbocycles. The van der Waals surface area contributed by atoms with Crippen molar-refractivity contribution in [2.24, 2.45) is 0 Å². The first kappa shape index (κ1) is 25.4. The lowest BCUT2D eigenvalue weighted by Gasteiger charge is -2.31. The summed E-state index contributed by atoms with van der Waals surface area (Å²) in [7, 11) is 0. The maximum Gasteiger partial charge on any atom is 0.261 e. The molecule has 0 bridgehead atoms. The predicted molar refractivity (Wildman–Crippen MR) is 133 cm³/mol. The molecule has 3 rings (SSSR count). The summed E-state index contributed by atoms with van der Waals surface area (Å²) in [6.45, 7) is 4.03. The standard InChI is InChI=1S/C26H32Cl2N2O3/c1-3-18-9-13-22(14-10-18)33-17-25(31)30(16-19-11-12-20(27)15-23(19)28)24(4-2)26(32)29-21-7-5-6-8-21/h9-15,21,24H,3-8,16-17H2,1-2H3,(H,29,32)/t24-/m1/s1. The Morgan fingerprint density at radius 2 is 1.79 bits per heavy atom. The number of nitrogens with one attached hydrogen (secondary N) is 1. The fourth-order valence-electron chi connectivity index (χ4n) is 4.17. The van der Waals surface area contributed by atoms with Crippen LogP contribution in [0.2, 0.25) is 10.0 Å². The van der Waals surface area contributed by atoms with Crippen LogP contribution in [0.5, 0.6) is 5.75 Å². The van der Waals surface area contributed by atoms with Gasteiger partial charge in [-0.25, -0.2) is 0 Å². The number of amides is 2. The molecular formula is C26H32Cl2N2O3. The number of carbonyl (C=O) groups excluding carboxylic acids is 2. The highest BCUT2D eigenvalue weighted by Gasteiger charge is 2.31. The van der Waals surface area contributed by atoms with Crippen LogP contribution in [-0.2, 0) is 22.6 Å². The second-order valence-electron chi connectivity index (χ2n) is 8.46. The van der Waals surface area contributed by atoms with Gasteiger partial charge in [-0.2, -0.15) is 0 Å². The van der Waals surface area contributed by atoms with Crippen molar-refractivity contribution in [1.29, 1.82) is 0 Å². The minimum absolute atomic E-state index is 0.130. The van der Waals surface area contributed by atoms with Crippen LogP contribution in [-0.4, -0.2) is 35.4 Å². The van der Waals surface area contributed by atoms with E-state index in [4.69, 9.17) is 27.9 Å². The van der Waals surface area contributed by atoms with Crippen molar-refractivity contribution in [3.05, 3.63) is 63.6 Å². The van der Waals surface area contributed by atoms with Gasteiger partial charge in [0.2, 0.25) is 5.91 Å². The Morgan fingerprint density at radius 3 is 2.39 bits per heavy atom. The van der Waals surface area contributed by atoms with Crippen molar-refractivity contribution in [2.45, 2.75) is 71.0 Å². The number of hydrogen-bond acceptors (Lipinski definition) is 3. The van der Waals surface area contributed by atoms with E-state index < -0.39 is 6.04 Å². The van der Waals surface area contributed by atoms with Crippen LogP contribution in [0, 0.1) is 0 Å². The van der Waals surface area contributed by atoms with Gasteiger partial charge in [0.15, 0.2) is 6.61 Å². The van der Waals surface area contributed by atoms with E-state index in [0.717, 1.165) is 37.7 Å². The van der Waals surface area contributed by atoms with Crippen LogP contribution in [0.1, 0.15) is 57.1 Å². The largest absolute Gasteiger partial charge is 0.484 e. The zero-order valence-electron chi connectivity index (χ0n) is 19.3.